The van der Waals surface area contributed by atoms with Gasteiger partial charge in [0.1, 0.15) is 5.83 Å². The average molecular weight is 922 g/mol. The molecule has 0 spiro atoms. The van der Waals surface area contributed by atoms with E-state index in [0.717, 1.165) is 77.2 Å². The number of hydrogen-bond donors (Lipinski definition) is 1. The minimum absolute atomic E-state index is 0.0324. The van der Waals surface area contributed by atoms with Crippen molar-refractivity contribution in [3.05, 3.63) is 95.1 Å². The lowest BCUT2D eigenvalue weighted by Crippen LogP contribution is -2.23. The first-order chi connectivity index (χ1) is 31.2. The second kappa shape index (κ2) is 53.0. The summed E-state index contributed by atoms with van der Waals surface area (Å²) in [5.41, 5.74) is 7.76. The van der Waals surface area contributed by atoms with Crippen molar-refractivity contribution in [1.29, 1.82) is 0 Å². The van der Waals surface area contributed by atoms with Gasteiger partial charge in [0.15, 0.2) is 0 Å². The molecular formula is C63H117FN2. The largest absolute Gasteiger partial charge is 0.307 e. The molecule has 3 unspecified atom stereocenters. The molecule has 386 valence electrons. The molecule has 4 aliphatic rings. The highest BCUT2D eigenvalue weighted by molar-refractivity contribution is 5.59. The van der Waals surface area contributed by atoms with E-state index < -0.39 is 0 Å². The normalized spacial score (nSPS) is 19.3. The van der Waals surface area contributed by atoms with Crippen LogP contribution in [0, 0.1) is 54.3 Å². The fourth-order valence-electron chi connectivity index (χ4n) is 7.11. The first kappa shape index (κ1) is 74.6. The van der Waals surface area contributed by atoms with E-state index in [1.165, 1.54) is 87.3 Å². The monoisotopic (exact) mass is 921 g/mol. The van der Waals surface area contributed by atoms with E-state index in [4.69, 9.17) is 0 Å². The molecule has 4 rings (SSSR count). The molecule has 0 aromatic carbocycles. The van der Waals surface area contributed by atoms with Crippen LogP contribution in [0.1, 0.15) is 235 Å². The summed E-state index contributed by atoms with van der Waals surface area (Å²) in [4.78, 5) is 4.54. The summed E-state index contributed by atoms with van der Waals surface area (Å²) in [6, 6.07) is 0. The minimum Gasteiger partial charge on any atom is -0.307 e. The summed E-state index contributed by atoms with van der Waals surface area (Å²) in [6.45, 7) is 58.8. The number of hydrogen-bond acceptors (Lipinski definition) is 2. The summed E-state index contributed by atoms with van der Waals surface area (Å²) < 4.78 is 11.7. The molecule has 1 heterocycles. The smallest absolute Gasteiger partial charge is 0.111 e. The van der Waals surface area contributed by atoms with Crippen LogP contribution in [0.2, 0.25) is 0 Å². The maximum absolute atomic E-state index is 11.7. The van der Waals surface area contributed by atoms with Gasteiger partial charge in [-0.15, -0.1) is 12.8 Å². The molecule has 0 saturated heterocycles. The molecule has 0 aromatic rings. The maximum Gasteiger partial charge on any atom is 0.111 e. The van der Waals surface area contributed by atoms with E-state index in [0.29, 0.717) is 19.0 Å². The first-order valence-electron chi connectivity index (χ1n) is 26.9. The van der Waals surface area contributed by atoms with Crippen molar-refractivity contribution < 1.29 is 4.39 Å². The molecule has 3 fully saturated rings. The summed E-state index contributed by atoms with van der Waals surface area (Å²) in [7, 11) is 0. The van der Waals surface area contributed by atoms with Crippen LogP contribution >= 0.6 is 0 Å². The standard InChI is InChI=1S/C26H39N.C8H16.C6H12.C5H10.C4H6FN.2C4H10.2C2H6.C2H2/c1-11-14-24(17-16-21(8)25(15-12-2)20(6)7)22(9)18-26(27-13-3)23(10)19(4)5;1-3-7-5-6-8(7)4-2;1-5-3-6(2)4-5;1-2-4-5-3-1;5-4-1-2-6-3-4;2*1-4(2)3;3*1-2/h13-14,16-18,25H,6,8-9,11-12,15H2,1-5,7,10H3;7-8H,3-6H2,1-2H3;5-6H,3-4H2,1-2H3;1-5H2;1,6H,2-3H2;2*4H,1-3H3;2*1-2H3;1-2H/b17-16-,24-14+,26-18+,27-13?;;;;;;;;;. The lowest BCUT2D eigenvalue weighted by molar-refractivity contribution is 0.165. The third-order valence-electron chi connectivity index (χ3n) is 10.8. The van der Waals surface area contributed by atoms with Crippen molar-refractivity contribution in [1.82, 2.24) is 5.32 Å². The molecule has 3 saturated carbocycles. The molecule has 0 aromatic heterocycles. The Labute approximate surface area is 416 Å². The highest BCUT2D eigenvalue weighted by atomic mass is 19.1. The van der Waals surface area contributed by atoms with E-state index in [-0.39, 0.29) is 5.83 Å². The van der Waals surface area contributed by atoms with Gasteiger partial charge in [-0.2, -0.15) is 0 Å². The number of rotatable bonds is 13. The Bertz CT molecular complexity index is 1310. The molecule has 1 N–H and O–H groups in total. The highest BCUT2D eigenvalue weighted by Gasteiger charge is 2.26. The van der Waals surface area contributed by atoms with Crippen LogP contribution < -0.4 is 5.32 Å². The van der Waals surface area contributed by atoms with Crippen LogP contribution in [0.25, 0.3) is 0 Å². The molecule has 0 amide bonds. The van der Waals surface area contributed by atoms with E-state index in [9.17, 15) is 4.39 Å². The van der Waals surface area contributed by atoms with Gasteiger partial charge < -0.3 is 5.32 Å². The zero-order valence-electron chi connectivity index (χ0n) is 48.4. The van der Waals surface area contributed by atoms with Gasteiger partial charge in [-0.05, 0) is 143 Å². The van der Waals surface area contributed by atoms with Gasteiger partial charge in [0.05, 0.1) is 5.70 Å². The van der Waals surface area contributed by atoms with Gasteiger partial charge in [-0.25, -0.2) is 4.39 Å². The average Bonchev–Trinajstić information content (AvgIpc) is 4.01. The van der Waals surface area contributed by atoms with Gasteiger partial charge in [0, 0.05) is 25.2 Å². The molecular weight excluding hydrogens is 804 g/mol. The Morgan fingerprint density at radius 1 is 0.773 bits per heavy atom. The molecule has 66 heavy (non-hydrogen) atoms. The summed E-state index contributed by atoms with van der Waals surface area (Å²) >= 11 is 0. The van der Waals surface area contributed by atoms with E-state index in [2.05, 4.69) is 178 Å². The fraction of sp³-hybridized carbons (Fsp3) is 0.698. The second-order valence-electron chi connectivity index (χ2n) is 19.3. The SMILES string of the molecule is C#C.C1CCCC1.C=C(/C=C(/N=CC)C(C)=C(C)C)C(/C=C\C(=C)C(CCC)C(=C)C)=C/CC.CC.CC.CC(C)C.CC(C)C.CC1CC(C)C1.CCC1CCC1CC.FC1=CCNC1. The van der Waals surface area contributed by atoms with E-state index in [1.54, 1.807) is 6.08 Å². The molecule has 0 radical (unpaired) electrons. The summed E-state index contributed by atoms with van der Waals surface area (Å²) in [5.74, 6) is 6.25. The number of terminal acetylenes is 1. The van der Waals surface area contributed by atoms with Gasteiger partial charge in [0.25, 0.3) is 0 Å². The zero-order chi connectivity index (χ0) is 52.6. The van der Waals surface area contributed by atoms with Gasteiger partial charge in [-0.3, -0.25) is 4.99 Å². The lowest BCUT2D eigenvalue weighted by Gasteiger charge is -2.35. The topological polar surface area (TPSA) is 24.4 Å². The van der Waals surface area contributed by atoms with Gasteiger partial charge in [0.2, 0.25) is 0 Å². The Hall–Kier alpha value is -2.96. The number of nitrogens with zero attached hydrogens (tertiary/aromatic N) is 1. The van der Waals surface area contributed by atoms with Gasteiger partial charge >= 0.3 is 0 Å². The Balaban J connectivity index is -0.000000185. The van der Waals surface area contributed by atoms with Crippen LogP contribution in [0.3, 0.4) is 0 Å². The molecule has 3 heteroatoms. The van der Waals surface area contributed by atoms with Crippen LogP contribution in [0.15, 0.2) is 100 Å². The number of nitrogens with one attached hydrogen (secondary N) is 1. The Morgan fingerprint density at radius 3 is 1.42 bits per heavy atom. The van der Waals surface area contributed by atoms with Crippen LogP contribution in [0.5, 0.6) is 0 Å². The minimum atomic E-state index is -0.0324. The quantitative estimate of drug-likeness (QED) is 0.0846. The van der Waals surface area contributed by atoms with E-state index in [1.807, 2.05) is 40.8 Å². The zero-order valence-corrected chi connectivity index (χ0v) is 48.4. The predicted molar refractivity (Wildman–Crippen MR) is 308 cm³/mol. The Morgan fingerprint density at radius 2 is 1.20 bits per heavy atom. The first-order valence-corrected chi connectivity index (χ1v) is 26.9. The second-order valence-corrected chi connectivity index (χ2v) is 19.3. The summed E-state index contributed by atoms with van der Waals surface area (Å²) in [6.07, 6.45) is 39.3. The van der Waals surface area contributed by atoms with Crippen LogP contribution in [-0.2, 0) is 0 Å². The van der Waals surface area contributed by atoms with Crippen LogP contribution in [-0.4, -0.2) is 19.3 Å². The van der Waals surface area contributed by atoms with Crippen molar-refractivity contribution in [2.45, 2.75) is 235 Å². The predicted octanol–water partition coefficient (Wildman–Crippen LogP) is 21.2. The van der Waals surface area contributed by atoms with Crippen molar-refractivity contribution in [3.63, 3.8) is 0 Å². The molecule has 2 nitrogen and oxygen atoms in total. The third-order valence-corrected chi connectivity index (χ3v) is 10.8. The van der Waals surface area contributed by atoms with Gasteiger partial charge in [-0.1, -0.05) is 211 Å². The third kappa shape index (κ3) is 47.5. The Kier molecular flexibility index (Phi) is 59.9. The maximum atomic E-state index is 11.7. The fourth-order valence-corrected chi connectivity index (χ4v) is 7.11. The lowest BCUT2D eigenvalue weighted by atomic mass is 9.71. The molecule has 3 aliphatic carbocycles. The van der Waals surface area contributed by atoms with Crippen LogP contribution in [0.4, 0.5) is 4.39 Å². The molecule has 1 aliphatic heterocycles. The molecule has 3 atom stereocenters. The molecule has 0 bridgehead atoms. The van der Waals surface area contributed by atoms with E-state index >= 15 is 0 Å². The highest BCUT2D eigenvalue weighted by Crippen LogP contribution is 2.38. The van der Waals surface area contributed by atoms with Crippen molar-refractivity contribution >= 4 is 6.21 Å². The summed E-state index contributed by atoms with van der Waals surface area (Å²) in [5, 5.41) is 2.80. The number of aliphatic imine (C=N–C) groups is 1. The number of halogens is 1. The van der Waals surface area contributed by atoms with Crippen molar-refractivity contribution in [2.75, 3.05) is 13.1 Å². The van der Waals surface area contributed by atoms with Crippen molar-refractivity contribution in [2.24, 2.45) is 46.4 Å². The number of allylic oxidation sites excluding steroid dienone is 10. The van der Waals surface area contributed by atoms with Crippen molar-refractivity contribution in [3.8, 4) is 12.8 Å².